The van der Waals surface area contributed by atoms with Crippen LogP contribution in [0, 0.1) is 0 Å². The first-order valence-corrected chi connectivity index (χ1v) is 9.79. The Bertz CT molecular complexity index is 576. The second-order valence-electron chi connectivity index (χ2n) is 6.84. The summed E-state index contributed by atoms with van der Waals surface area (Å²) in [5.74, 6) is 1.36. The molecule has 2 N–H and O–H groups in total. The van der Waals surface area contributed by atoms with Gasteiger partial charge in [-0.3, -0.25) is 0 Å². The topological polar surface area (TPSA) is 53.1 Å². The third kappa shape index (κ3) is 4.70. The highest BCUT2D eigenvalue weighted by Crippen LogP contribution is 2.25. The monoisotopic (exact) mass is 367 g/mol. The SMILES string of the molecule is C[C@@H]1CCCCN1c1cc(Cl)nc(NC(=S)NC2CCCCC2)n1. The highest BCUT2D eigenvalue weighted by atomic mass is 35.5. The van der Waals surface area contributed by atoms with Crippen molar-refractivity contribution in [1.29, 1.82) is 0 Å². The summed E-state index contributed by atoms with van der Waals surface area (Å²) in [6, 6.07) is 2.77. The molecular formula is C17H26ClN5S. The number of hydrogen-bond acceptors (Lipinski definition) is 4. The van der Waals surface area contributed by atoms with Crippen molar-refractivity contribution >= 4 is 40.7 Å². The molecular weight excluding hydrogens is 342 g/mol. The lowest BCUT2D eigenvalue weighted by molar-refractivity contribution is 0.414. The summed E-state index contributed by atoms with van der Waals surface area (Å²) in [5.41, 5.74) is 0. The Morgan fingerprint density at radius 3 is 2.67 bits per heavy atom. The van der Waals surface area contributed by atoms with E-state index in [9.17, 15) is 0 Å². The Kier molecular flexibility index (Phi) is 6.11. The van der Waals surface area contributed by atoms with Crippen molar-refractivity contribution < 1.29 is 0 Å². The molecule has 1 atom stereocenters. The van der Waals surface area contributed by atoms with Gasteiger partial charge in [-0.05, 0) is 51.2 Å². The van der Waals surface area contributed by atoms with Crippen LogP contribution in [0.2, 0.25) is 5.15 Å². The van der Waals surface area contributed by atoms with Crippen molar-refractivity contribution in [3.8, 4) is 0 Å². The lowest BCUT2D eigenvalue weighted by Crippen LogP contribution is -2.40. The average Bonchev–Trinajstić information content (AvgIpc) is 2.55. The minimum Gasteiger partial charge on any atom is -0.360 e. The third-order valence-electron chi connectivity index (χ3n) is 4.94. The molecule has 7 heteroatoms. The fourth-order valence-corrected chi connectivity index (χ4v) is 4.05. The summed E-state index contributed by atoms with van der Waals surface area (Å²) in [5, 5.41) is 7.52. The van der Waals surface area contributed by atoms with Gasteiger partial charge >= 0.3 is 0 Å². The quantitative estimate of drug-likeness (QED) is 0.619. The van der Waals surface area contributed by atoms with Gasteiger partial charge in [0, 0.05) is 24.7 Å². The van der Waals surface area contributed by atoms with E-state index in [0.717, 1.165) is 12.4 Å². The molecule has 2 fully saturated rings. The number of thiocarbonyl (C=S) groups is 1. The van der Waals surface area contributed by atoms with E-state index < -0.39 is 0 Å². The molecule has 3 rings (SSSR count). The Balaban J connectivity index is 1.65. The summed E-state index contributed by atoms with van der Waals surface area (Å²) in [7, 11) is 0. The Morgan fingerprint density at radius 1 is 1.17 bits per heavy atom. The van der Waals surface area contributed by atoms with E-state index >= 15 is 0 Å². The maximum atomic E-state index is 6.21. The maximum absolute atomic E-state index is 6.21. The van der Waals surface area contributed by atoms with Gasteiger partial charge in [0.2, 0.25) is 5.95 Å². The maximum Gasteiger partial charge on any atom is 0.232 e. The van der Waals surface area contributed by atoms with E-state index in [0.29, 0.717) is 28.3 Å². The molecule has 1 aliphatic carbocycles. The van der Waals surface area contributed by atoms with Gasteiger partial charge in [-0.25, -0.2) is 4.98 Å². The smallest absolute Gasteiger partial charge is 0.232 e. The predicted octanol–water partition coefficient (Wildman–Crippen LogP) is 4.13. The van der Waals surface area contributed by atoms with Crippen molar-refractivity contribution in [1.82, 2.24) is 15.3 Å². The molecule has 0 bridgehead atoms. The van der Waals surface area contributed by atoms with Crippen molar-refractivity contribution in [3.63, 3.8) is 0 Å². The van der Waals surface area contributed by atoms with Crippen LogP contribution in [0.3, 0.4) is 0 Å². The van der Waals surface area contributed by atoms with Gasteiger partial charge in [0.15, 0.2) is 5.11 Å². The van der Waals surface area contributed by atoms with Gasteiger partial charge in [0.1, 0.15) is 11.0 Å². The second-order valence-corrected chi connectivity index (χ2v) is 7.64. The molecule has 1 aromatic rings. The van der Waals surface area contributed by atoms with Gasteiger partial charge in [-0.2, -0.15) is 4.98 Å². The standard InChI is InChI=1S/C17H26ClN5S/c1-12-7-5-6-10-23(12)15-11-14(18)20-16(21-15)22-17(24)19-13-8-3-2-4-9-13/h11-13H,2-10H2,1H3,(H2,19,20,21,22,24)/t12-/m1/s1. The number of anilines is 2. The van der Waals surface area contributed by atoms with Crippen LogP contribution in [-0.4, -0.2) is 33.7 Å². The zero-order valence-electron chi connectivity index (χ0n) is 14.2. The molecule has 0 aromatic carbocycles. The predicted molar refractivity (Wildman–Crippen MR) is 104 cm³/mol. The second kappa shape index (κ2) is 8.30. The van der Waals surface area contributed by atoms with E-state index in [1.807, 2.05) is 6.07 Å². The first kappa shape index (κ1) is 17.7. The number of hydrogen-bond donors (Lipinski definition) is 2. The van der Waals surface area contributed by atoms with E-state index in [-0.39, 0.29) is 0 Å². The molecule has 132 valence electrons. The molecule has 2 heterocycles. The molecule has 1 aliphatic heterocycles. The summed E-state index contributed by atoms with van der Waals surface area (Å²) in [6.45, 7) is 3.25. The van der Waals surface area contributed by atoms with Crippen molar-refractivity contribution in [3.05, 3.63) is 11.2 Å². The minimum absolute atomic E-state index is 0.445. The van der Waals surface area contributed by atoms with E-state index in [4.69, 9.17) is 23.8 Å². The zero-order valence-corrected chi connectivity index (χ0v) is 15.8. The highest BCUT2D eigenvalue weighted by molar-refractivity contribution is 7.80. The van der Waals surface area contributed by atoms with Gasteiger partial charge in [0.05, 0.1) is 0 Å². The molecule has 1 saturated carbocycles. The Hall–Kier alpha value is -1.14. The first-order chi connectivity index (χ1) is 11.6. The van der Waals surface area contributed by atoms with Crippen molar-refractivity contribution in [2.45, 2.75) is 70.4 Å². The fraction of sp³-hybridized carbons (Fsp3) is 0.706. The molecule has 5 nitrogen and oxygen atoms in total. The number of nitrogens with zero attached hydrogens (tertiary/aromatic N) is 3. The fourth-order valence-electron chi connectivity index (χ4n) is 3.62. The normalized spacial score (nSPS) is 22.2. The highest BCUT2D eigenvalue weighted by Gasteiger charge is 2.21. The first-order valence-electron chi connectivity index (χ1n) is 9.00. The Morgan fingerprint density at radius 2 is 1.92 bits per heavy atom. The summed E-state index contributed by atoms with van der Waals surface area (Å²) in [4.78, 5) is 11.2. The van der Waals surface area contributed by atoms with Crippen LogP contribution in [-0.2, 0) is 0 Å². The molecule has 2 aliphatic rings. The molecule has 0 unspecified atom stereocenters. The average molecular weight is 368 g/mol. The van der Waals surface area contributed by atoms with Crippen LogP contribution in [0.1, 0.15) is 58.3 Å². The summed E-state index contributed by atoms with van der Waals surface area (Å²) in [6.07, 6.45) is 9.87. The van der Waals surface area contributed by atoms with E-state index in [1.165, 1.54) is 51.4 Å². The van der Waals surface area contributed by atoms with Crippen LogP contribution in [0.5, 0.6) is 0 Å². The molecule has 0 amide bonds. The number of rotatable bonds is 3. The number of nitrogens with one attached hydrogen (secondary N) is 2. The Labute approximate surface area is 154 Å². The molecule has 1 aromatic heterocycles. The lowest BCUT2D eigenvalue weighted by atomic mass is 9.96. The van der Waals surface area contributed by atoms with E-state index in [1.54, 1.807) is 0 Å². The number of halogens is 1. The summed E-state index contributed by atoms with van der Waals surface area (Å²) < 4.78 is 0. The molecule has 24 heavy (non-hydrogen) atoms. The van der Waals surface area contributed by atoms with Crippen LogP contribution in [0.15, 0.2) is 6.07 Å². The minimum atomic E-state index is 0.445. The zero-order chi connectivity index (χ0) is 16.9. The van der Waals surface area contributed by atoms with Crippen molar-refractivity contribution in [2.75, 3.05) is 16.8 Å². The van der Waals surface area contributed by atoms with Gasteiger partial charge in [-0.15, -0.1) is 0 Å². The van der Waals surface area contributed by atoms with Gasteiger partial charge in [0.25, 0.3) is 0 Å². The lowest BCUT2D eigenvalue weighted by Gasteiger charge is -2.34. The van der Waals surface area contributed by atoms with Crippen LogP contribution >= 0.6 is 23.8 Å². The third-order valence-corrected chi connectivity index (χ3v) is 5.36. The van der Waals surface area contributed by atoms with Gasteiger partial charge < -0.3 is 15.5 Å². The van der Waals surface area contributed by atoms with Crippen LogP contribution in [0.4, 0.5) is 11.8 Å². The number of aromatic nitrogens is 2. The van der Waals surface area contributed by atoms with E-state index in [2.05, 4.69) is 32.4 Å². The van der Waals surface area contributed by atoms with Crippen LogP contribution in [0.25, 0.3) is 0 Å². The van der Waals surface area contributed by atoms with Gasteiger partial charge in [-0.1, -0.05) is 30.9 Å². The van der Waals surface area contributed by atoms with Crippen LogP contribution < -0.4 is 15.5 Å². The molecule has 1 saturated heterocycles. The largest absolute Gasteiger partial charge is 0.360 e. The molecule has 0 spiro atoms. The number of piperidine rings is 1. The summed E-state index contributed by atoms with van der Waals surface area (Å²) >= 11 is 11.6. The van der Waals surface area contributed by atoms with Crippen molar-refractivity contribution in [2.24, 2.45) is 0 Å². The molecule has 0 radical (unpaired) electrons.